The number of benzene rings is 1. The lowest BCUT2D eigenvalue weighted by molar-refractivity contribution is 0.0666. The lowest BCUT2D eigenvalue weighted by Gasteiger charge is -2.26. The van der Waals surface area contributed by atoms with Gasteiger partial charge < -0.3 is 9.84 Å². The molecule has 0 bridgehead atoms. The standard InChI is InChI=1S/C14H20O3S/c1-5-14(3,4)17-10-8-7-9-11(18-6-2)12(10)13(15)16/h7-9H,5-6H2,1-4H3,(H,15,16). The molecule has 100 valence electrons. The molecule has 0 saturated heterocycles. The van der Waals surface area contributed by atoms with E-state index in [1.165, 1.54) is 11.8 Å². The molecule has 0 amide bonds. The maximum absolute atomic E-state index is 11.4. The fraction of sp³-hybridized carbons (Fsp3) is 0.500. The van der Waals surface area contributed by atoms with Crippen LogP contribution in [0.5, 0.6) is 5.75 Å². The summed E-state index contributed by atoms with van der Waals surface area (Å²) < 4.78 is 5.84. The maximum Gasteiger partial charge on any atom is 0.340 e. The van der Waals surface area contributed by atoms with Crippen LogP contribution in [0.15, 0.2) is 23.1 Å². The molecule has 1 aromatic rings. The summed E-state index contributed by atoms with van der Waals surface area (Å²) in [5.74, 6) is 0.349. The molecule has 0 aliphatic heterocycles. The first-order valence-electron chi connectivity index (χ1n) is 6.09. The van der Waals surface area contributed by atoms with E-state index in [0.29, 0.717) is 5.75 Å². The van der Waals surface area contributed by atoms with Gasteiger partial charge in [-0.3, -0.25) is 0 Å². The van der Waals surface area contributed by atoms with Gasteiger partial charge in [-0.1, -0.05) is 19.9 Å². The van der Waals surface area contributed by atoms with Crippen LogP contribution in [0.4, 0.5) is 0 Å². The van der Waals surface area contributed by atoms with E-state index in [1.807, 2.05) is 39.8 Å². The van der Waals surface area contributed by atoms with Crippen molar-refractivity contribution in [3.05, 3.63) is 23.8 Å². The third kappa shape index (κ3) is 3.67. The van der Waals surface area contributed by atoms with Crippen LogP contribution in [-0.2, 0) is 0 Å². The molecular formula is C14H20O3S. The Morgan fingerprint density at radius 2 is 2.06 bits per heavy atom. The normalized spacial score (nSPS) is 11.3. The van der Waals surface area contributed by atoms with Gasteiger partial charge in [0.15, 0.2) is 0 Å². The zero-order valence-electron chi connectivity index (χ0n) is 11.3. The molecule has 0 aliphatic rings. The summed E-state index contributed by atoms with van der Waals surface area (Å²) >= 11 is 1.52. The van der Waals surface area contributed by atoms with Gasteiger partial charge in [-0.25, -0.2) is 4.79 Å². The van der Waals surface area contributed by atoms with E-state index in [9.17, 15) is 9.90 Å². The molecular weight excluding hydrogens is 248 g/mol. The zero-order chi connectivity index (χ0) is 13.8. The molecule has 0 saturated carbocycles. The average molecular weight is 268 g/mol. The van der Waals surface area contributed by atoms with E-state index in [4.69, 9.17) is 4.74 Å². The predicted molar refractivity (Wildman–Crippen MR) is 74.8 cm³/mol. The molecule has 0 radical (unpaired) electrons. The van der Waals surface area contributed by atoms with E-state index >= 15 is 0 Å². The zero-order valence-corrected chi connectivity index (χ0v) is 12.1. The monoisotopic (exact) mass is 268 g/mol. The molecule has 0 heterocycles. The van der Waals surface area contributed by atoms with Crippen molar-refractivity contribution in [2.45, 2.75) is 44.6 Å². The van der Waals surface area contributed by atoms with E-state index in [2.05, 4.69) is 0 Å². The number of rotatable bonds is 6. The topological polar surface area (TPSA) is 46.5 Å². The average Bonchev–Trinajstić information content (AvgIpc) is 2.28. The van der Waals surface area contributed by atoms with Gasteiger partial charge in [0.25, 0.3) is 0 Å². The highest BCUT2D eigenvalue weighted by atomic mass is 32.2. The minimum Gasteiger partial charge on any atom is -0.487 e. The van der Waals surface area contributed by atoms with E-state index in [1.54, 1.807) is 6.07 Å². The lowest BCUT2D eigenvalue weighted by Crippen LogP contribution is -2.27. The third-order valence-electron chi connectivity index (χ3n) is 2.74. The fourth-order valence-electron chi connectivity index (χ4n) is 1.45. The van der Waals surface area contributed by atoms with Crippen LogP contribution in [-0.4, -0.2) is 22.4 Å². The molecule has 0 spiro atoms. The van der Waals surface area contributed by atoms with Crippen LogP contribution < -0.4 is 4.74 Å². The fourth-order valence-corrected chi connectivity index (χ4v) is 2.27. The van der Waals surface area contributed by atoms with E-state index in [-0.39, 0.29) is 11.2 Å². The smallest absolute Gasteiger partial charge is 0.340 e. The number of aromatic carboxylic acids is 1. The van der Waals surface area contributed by atoms with Crippen LogP contribution in [0.1, 0.15) is 44.5 Å². The molecule has 3 nitrogen and oxygen atoms in total. The highest BCUT2D eigenvalue weighted by Crippen LogP contribution is 2.32. The number of ether oxygens (including phenoxy) is 1. The molecule has 1 rings (SSSR count). The Morgan fingerprint density at radius 3 is 2.56 bits per heavy atom. The number of hydrogen-bond acceptors (Lipinski definition) is 3. The van der Waals surface area contributed by atoms with E-state index in [0.717, 1.165) is 17.1 Å². The second-order valence-corrected chi connectivity index (χ2v) is 5.89. The molecule has 0 aliphatic carbocycles. The van der Waals surface area contributed by atoms with Gasteiger partial charge in [-0.05, 0) is 38.2 Å². The van der Waals surface area contributed by atoms with Crippen LogP contribution in [0, 0.1) is 0 Å². The molecule has 0 fully saturated rings. The van der Waals surface area contributed by atoms with Crippen LogP contribution >= 0.6 is 11.8 Å². The van der Waals surface area contributed by atoms with Crippen LogP contribution in [0.2, 0.25) is 0 Å². The van der Waals surface area contributed by atoms with Gasteiger partial charge in [-0.2, -0.15) is 0 Å². The first kappa shape index (κ1) is 14.9. The van der Waals surface area contributed by atoms with Crippen molar-refractivity contribution in [2.75, 3.05) is 5.75 Å². The SMILES string of the molecule is CCSc1cccc(OC(C)(C)CC)c1C(=O)O. The highest BCUT2D eigenvalue weighted by molar-refractivity contribution is 7.99. The summed E-state index contributed by atoms with van der Waals surface area (Å²) in [5, 5.41) is 9.35. The highest BCUT2D eigenvalue weighted by Gasteiger charge is 2.23. The van der Waals surface area contributed by atoms with Gasteiger partial charge in [0.05, 0.1) is 0 Å². The summed E-state index contributed by atoms with van der Waals surface area (Å²) in [6.45, 7) is 7.93. The number of hydrogen-bond donors (Lipinski definition) is 1. The third-order valence-corrected chi connectivity index (χ3v) is 3.68. The van der Waals surface area contributed by atoms with Gasteiger partial charge in [0, 0.05) is 4.90 Å². The van der Waals surface area contributed by atoms with Crippen molar-refractivity contribution in [3.63, 3.8) is 0 Å². The van der Waals surface area contributed by atoms with Crippen molar-refractivity contribution >= 4 is 17.7 Å². The van der Waals surface area contributed by atoms with Crippen LogP contribution in [0.25, 0.3) is 0 Å². The minimum absolute atomic E-state index is 0.269. The molecule has 0 atom stereocenters. The van der Waals surface area contributed by atoms with Crippen molar-refractivity contribution < 1.29 is 14.6 Å². The van der Waals surface area contributed by atoms with Crippen molar-refractivity contribution in [1.29, 1.82) is 0 Å². The Bertz CT molecular complexity index is 427. The van der Waals surface area contributed by atoms with Crippen molar-refractivity contribution in [2.24, 2.45) is 0 Å². The molecule has 0 unspecified atom stereocenters. The first-order valence-corrected chi connectivity index (χ1v) is 7.08. The Kier molecular flexibility index (Phi) is 5.08. The Labute approximate surface area is 113 Å². The predicted octanol–water partition coefficient (Wildman–Crippen LogP) is 4.06. The van der Waals surface area contributed by atoms with Gasteiger partial charge in [-0.15, -0.1) is 11.8 Å². The van der Waals surface area contributed by atoms with Crippen LogP contribution in [0.3, 0.4) is 0 Å². The molecule has 1 N–H and O–H groups in total. The number of carboxylic acid groups (broad SMARTS) is 1. The summed E-state index contributed by atoms with van der Waals surface area (Å²) in [5.41, 5.74) is -0.0921. The van der Waals surface area contributed by atoms with Crippen molar-refractivity contribution in [1.82, 2.24) is 0 Å². The second kappa shape index (κ2) is 6.14. The Morgan fingerprint density at radius 1 is 1.39 bits per heavy atom. The summed E-state index contributed by atoms with van der Waals surface area (Å²) in [6.07, 6.45) is 0.817. The van der Waals surface area contributed by atoms with Gasteiger partial charge in [0.2, 0.25) is 0 Å². The van der Waals surface area contributed by atoms with Gasteiger partial charge in [0.1, 0.15) is 16.9 Å². The summed E-state index contributed by atoms with van der Waals surface area (Å²) in [4.78, 5) is 12.2. The molecule has 18 heavy (non-hydrogen) atoms. The largest absolute Gasteiger partial charge is 0.487 e. The van der Waals surface area contributed by atoms with Gasteiger partial charge >= 0.3 is 5.97 Å². The van der Waals surface area contributed by atoms with Crippen molar-refractivity contribution in [3.8, 4) is 5.75 Å². The number of thioether (sulfide) groups is 1. The molecule has 4 heteroatoms. The summed E-state index contributed by atoms with van der Waals surface area (Å²) in [7, 11) is 0. The quantitative estimate of drug-likeness (QED) is 0.790. The maximum atomic E-state index is 11.4. The number of carboxylic acids is 1. The molecule has 1 aromatic carbocycles. The number of carbonyl (C=O) groups is 1. The Balaban J connectivity index is 3.18. The second-order valence-electron chi connectivity index (χ2n) is 4.58. The summed E-state index contributed by atoms with van der Waals surface area (Å²) in [6, 6.07) is 5.38. The Hall–Kier alpha value is -1.16. The van der Waals surface area contributed by atoms with E-state index < -0.39 is 5.97 Å². The first-order chi connectivity index (χ1) is 8.41. The lowest BCUT2D eigenvalue weighted by atomic mass is 10.1. The molecule has 0 aromatic heterocycles. The minimum atomic E-state index is -0.937.